The number of nitrogens with two attached hydrogens (primary N) is 1. The van der Waals surface area contributed by atoms with Gasteiger partial charge in [-0.1, -0.05) is 0 Å². The molecule has 0 saturated carbocycles. The van der Waals surface area contributed by atoms with E-state index < -0.39 is 110 Å². The zero-order chi connectivity index (χ0) is 30.8. The van der Waals surface area contributed by atoms with Crippen molar-refractivity contribution >= 4 is 17.9 Å². The molecule has 3 rings (SSSR count). The Hall–Kier alpha value is -2.15. The van der Waals surface area contributed by atoms with E-state index in [0.717, 1.165) is 0 Å². The normalized spacial score (nSPS) is 45.2. The number of ether oxygens (including phenoxy) is 6. The van der Waals surface area contributed by atoms with Crippen molar-refractivity contribution in [3.63, 3.8) is 0 Å². The molecular formula is C21H33NO19. The van der Waals surface area contributed by atoms with Gasteiger partial charge in [0.05, 0.1) is 6.61 Å². The van der Waals surface area contributed by atoms with Crippen molar-refractivity contribution in [3.8, 4) is 0 Å². The smallest absolute Gasteiger partial charge is 0.335 e. The van der Waals surface area contributed by atoms with Gasteiger partial charge in [0.25, 0.3) is 0 Å². The molecule has 0 aromatic heterocycles. The van der Waals surface area contributed by atoms with Gasteiger partial charge in [-0.15, -0.1) is 0 Å². The van der Waals surface area contributed by atoms with Crippen molar-refractivity contribution in [2.24, 2.45) is 5.73 Å². The van der Waals surface area contributed by atoms with Crippen molar-refractivity contribution in [2.75, 3.05) is 13.2 Å². The maximum absolute atomic E-state index is 12.0. The van der Waals surface area contributed by atoms with Gasteiger partial charge in [-0.25, -0.2) is 14.4 Å². The number of carboxylic acids is 3. The minimum Gasteiger partial charge on any atom is -0.479 e. The van der Waals surface area contributed by atoms with Gasteiger partial charge in [-0.2, -0.15) is 0 Å². The second-order valence-electron chi connectivity index (χ2n) is 9.44. The lowest BCUT2D eigenvalue weighted by atomic mass is 9.95. The predicted octanol–water partition coefficient (Wildman–Crippen LogP) is -6.92. The highest BCUT2D eigenvalue weighted by Crippen LogP contribution is 2.33. The predicted molar refractivity (Wildman–Crippen MR) is 120 cm³/mol. The standard InChI is InChI=1S/C21H33NO19/c22-2-1-3-36-19-9(28)6(25)11(14(40-19)17(32)33)38-21-10(29)7(26)12(15(41-21)18(34)35)37-20-8(27)4(23)5(24)13(39-20)16(30)31/h4-15,19-21,23-29H,1-3,22H2,(H,30,31)(H,32,33)(H,34,35)/t4-,5-,6+,7+,8-,9-,10-,11-,12-,13-,14-,15-,19+,20+,21+/m0/s1. The van der Waals surface area contributed by atoms with E-state index in [0.29, 0.717) is 6.42 Å². The number of carboxylic acid groups (broad SMARTS) is 3. The summed E-state index contributed by atoms with van der Waals surface area (Å²) in [4.78, 5) is 35.1. The van der Waals surface area contributed by atoms with Crippen LogP contribution in [0.25, 0.3) is 0 Å². The Bertz CT molecular complexity index is 923. The molecule has 41 heavy (non-hydrogen) atoms. The van der Waals surface area contributed by atoms with E-state index in [1.165, 1.54) is 0 Å². The summed E-state index contributed by atoms with van der Waals surface area (Å²) in [5.41, 5.74) is 5.34. The summed E-state index contributed by atoms with van der Waals surface area (Å²) in [5.74, 6) is -5.36. The second-order valence-corrected chi connectivity index (χ2v) is 9.44. The molecule has 0 unspecified atom stereocenters. The highest BCUT2D eigenvalue weighted by atomic mass is 16.8. The minimum absolute atomic E-state index is 0.0657. The summed E-state index contributed by atoms with van der Waals surface area (Å²) < 4.78 is 30.9. The fourth-order valence-corrected chi connectivity index (χ4v) is 4.38. The van der Waals surface area contributed by atoms with E-state index in [9.17, 15) is 65.4 Å². The summed E-state index contributed by atoms with van der Waals surface area (Å²) in [6.45, 7) is 0.131. The SMILES string of the molecule is NCCCO[C@@H]1O[C@H](C(=O)O)[C@@H](O[C@@H]2O[C@H](C(=O)O)[C@@H](O[C@@H]3O[C@H](C(=O)O)[C@@H](O)[C@H](O)[C@@H]3O)[C@H](O)[C@@H]2O)[C@H](O)[C@@H]1O. The van der Waals surface area contributed by atoms with E-state index in [1.54, 1.807) is 0 Å². The van der Waals surface area contributed by atoms with Crippen LogP contribution in [0.3, 0.4) is 0 Å². The summed E-state index contributed by atoms with van der Waals surface area (Å²) in [6.07, 6.45) is -31.1. The molecule has 20 nitrogen and oxygen atoms in total. The van der Waals surface area contributed by atoms with Crippen LogP contribution in [0.2, 0.25) is 0 Å². The van der Waals surface area contributed by atoms with Crippen LogP contribution in [0.5, 0.6) is 0 Å². The highest BCUT2D eigenvalue weighted by molar-refractivity contribution is 5.74. The molecule has 236 valence electrons. The van der Waals surface area contributed by atoms with Gasteiger partial charge in [0, 0.05) is 0 Å². The van der Waals surface area contributed by atoms with Crippen molar-refractivity contribution in [3.05, 3.63) is 0 Å². The molecule has 0 aromatic carbocycles. The average Bonchev–Trinajstić information content (AvgIpc) is 2.91. The Morgan fingerprint density at radius 3 is 1.39 bits per heavy atom. The van der Waals surface area contributed by atoms with E-state index >= 15 is 0 Å². The first kappa shape index (κ1) is 33.4. The molecule has 3 aliphatic heterocycles. The van der Waals surface area contributed by atoms with Crippen LogP contribution in [0.4, 0.5) is 0 Å². The Morgan fingerprint density at radius 2 is 0.951 bits per heavy atom. The van der Waals surface area contributed by atoms with Crippen molar-refractivity contribution in [2.45, 2.75) is 98.5 Å². The molecule has 0 amide bonds. The molecule has 0 spiro atoms. The van der Waals surface area contributed by atoms with Gasteiger partial charge in [0.2, 0.25) is 0 Å². The van der Waals surface area contributed by atoms with Crippen LogP contribution < -0.4 is 5.73 Å². The number of rotatable bonds is 11. The average molecular weight is 603 g/mol. The molecule has 0 aliphatic carbocycles. The minimum atomic E-state index is -2.28. The molecule has 20 heteroatoms. The van der Waals surface area contributed by atoms with Crippen LogP contribution in [0.15, 0.2) is 0 Å². The Kier molecular flexibility index (Phi) is 11.3. The molecule has 0 aromatic rings. The molecule has 3 saturated heterocycles. The molecule has 3 fully saturated rings. The Labute approximate surface area is 229 Å². The van der Waals surface area contributed by atoms with Gasteiger partial charge in [-0.05, 0) is 13.0 Å². The van der Waals surface area contributed by atoms with Crippen LogP contribution in [0, 0.1) is 0 Å². The third kappa shape index (κ3) is 7.09. The number of hydrogen-bond acceptors (Lipinski definition) is 17. The van der Waals surface area contributed by atoms with E-state index in [2.05, 4.69) is 0 Å². The van der Waals surface area contributed by atoms with E-state index in [1.807, 2.05) is 0 Å². The van der Waals surface area contributed by atoms with Gasteiger partial charge in [0.15, 0.2) is 37.2 Å². The molecule has 0 radical (unpaired) electrons. The monoisotopic (exact) mass is 603 g/mol. The van der Waals surface area contributed by atoms with E-state index in [4.69, 9.17) is 34.2 Å². The first-order chi connectivity index (χ1) is 19.2. The molecule has 0 bridgehead atoms. The fourth-order valence-electron chi connectivity index (χ4n) is 4.38. The highest BCUT2D eigenvalue weighted by Gasteiger charge is 2.56. The Balaban J connectivity index is 1.78. The van der Waals surface area contributed by atoms with Gasteiger partial charge in [-0.3, -0.25) is 0 Å². The maximum Gasteiger partial charge on any atom is 0.335 e. The molecule has 3 aliphatic rings. The number of carbonyl (C=O) groups is 3. The van der Waals surface area contributed by atoms with Crippen LogP contribution in [-0.2, 0) is 42.8 Å². The largest absolute Gasteiger partial charge is 0.479 e. The molecule has 3 heterocycles. The fraction of sp³-hybridized carbons (Fsp3) is 0.857. The van der Waals surface area contributed by atoms with Gasteiger partial charge >= 0.3 is 17.9 Å². The molecular weight excluding hydrogens is 570 g/mol. The summed E-state index contributed by atoms with van der Waals surface area (Å²) in [5, 5.41) is 101. The zero-order valence-electron chi connectivity index (χ0n) is 21.0. The summed E-state index contributed by atoms with van der Waals surface area (Å²) in [6, 6.07) is 0. The van der Waals surface area contributed by atoms with Crippen LogP contribution in [-0.4, -0.2) is 174 Å². The van der Waals surface area contributed by atoms with Gasteiger partial charge < -0.3 is 85.2 Å². The lowest BCUT2D eigenvalue weighted by molar-refractivity contribution is -0.370. The van der Waals surface area contributed by atoms with Crippen molar-refractivity contribution in [1.29, 1.82) is 0 Å². The van der Waals surface area contributed by atoms with Crippen LogP contribution >= 0.6 is 0 Å². The van der Waals surface area contributed by atoms with Crippen molar-refractivity contribution in [1.82, 2.24) is 0 Å². The van der Waals surface area contributed by atoms with E-state index in [-0.39, 0.29) is 13.2 Å². The van der Waals surface area contributed by atoms with Crippen LogP contribution in [0.1, 0.15) is 6.42 Å². The quantitative estimate of drug-likeness (QED) is 0.0977. The summed E-state index contributed by atoms with van der Waals surface area (Å²) >= 11 is 0. The number of hydrogen-bond donors (Lipinski definition) is 11. The van der Waals surface area contributed by atoms with Gasteiger partial charge in [0.1, 0.15) is 54.9 Å². The lowest BCUT2D eigenvalue weighted by Crippen LogP contribution is -2.67. The number of aliphatic carboxylic acids is 3. The topological polar surface area (TPSA) is 335 Å². The number of aliphatic hydroxyl groups excluding tert-OH is 7. The first-order valence-corrected chi connectivity index (χ1v) is 12.2. The molecule has 15 atom stereocenters. The zero-order valence-corrected chi connectivity index (χ0v) is 21.0. The third-order valence-corrected chi connectivity index (χ3v) is 6.60. The van der Waals surface area contributed by atoms with Crippen molar-refractivity contribution < 1.29 is 93.9 Å². The Morgan fingerprint density at radius 1 is 0.561 bits per heavy atom. The third-order valence-electron chi connectivity index (χ3n) is 6.60. The lowest BCUT2D eigenvalue weighted by Gasteiger charge is -2.46. The second kappa shape index (κ2) is 13.9. The molecule has 12 N–H and O–H groups in total. The summed E-state index contributed by atoms with van der Waals surface area (Å²) in [7, 11) is 0. The first-order valence-electron chi connectivity index (χ1n) is 12.2. The number of aliphatic hydroxyl groups is 7. The maximum atomic E-state index is 12.0.